The number of carbonyl (C=O) groups is 2. The Kier molecular flexibility index (Phi) is 3.85. The Morgan fingerprint density at radius 3 is 2.82 bits per heavy atom. The van der Waals surface area contributed by atoms with Gasteiger partial charge >= 0.3 is 0 Å². The standard InChI is InChI=1S/C20H20N6O2/c27-18(14-4-5-16-17(11-14)23-24-22-16)26-10-7-20(13-26)6-9-25(19(20)28)12-15-3-1-2-8-21-15/h1-5,8,11H,6-7,9-10,12-13H2,(H,22,23,24). The lowest BCUT2D eigenvalue weighted by atomic mass is 9.85. The Balaban J connectivity index is 1.30. The minimum absolute atomic E-state index is 0.0576. The van der Waals surface area contributed by atoms with Gasteiger partial charge in [0.1, 0.15) is 11.0 Å². The van der Waals surface area contributed by atoms with E-state index in [0.29, 0.717) is 43.7 Å². The SMILES string of the molecule is O=C(c1ccc2n[nH]nc2c1)N1CCC2(CCN(Cc3ccccn3)C2=O)C1. The van der Waals surface area contributed by atoms with Crippen molar-refractivity contribution in [2.24, 2.45) is 5.41 Å². The number of nitrogens with one attached hydrogen (secondary N) is 1. The lowest BCUT2D eigenvalue weighted by Crippen LogP contribution is -2.38. The van der Waals surface area contributed by atoms with Crippen LogP contribution in [-0.2, 0) is 11.3 Å². The molecule has 2 fully saturated rings. The Labute approximate surface area is 161 Å². The molecule has 2 saturated heterocycles. The highest BCUT2D eigenvalue weighted by atomic mass is 16.2. The Hall–Kier alpha value is -3.29. The molecule has 2 aromatic heterocycles. The molecule has 0 aliphatic carbocycles. The molecule has 2 aliphatic rings. The number of likely N-dealkylation sites (tertiary alicyclic amines) is 2. The zero-order chi connectivity index (χ0) is 19.1. The molecule has 142 valence electrons. The van der Waals surface area contributed by atoms with Crippen molar-refractivity contribution in [3.05, 3.63) is 53.9 Å². The van der Waals surface area contributed by atoms with Gasteiger partial charge in [0.15, 0.2) is 0 Å². The van der Waals surface area contributed by atoms with E-state index in [1.807, 2.05) is 23.1 Å². The molecule has 1 spiro atoms. The minimum atomic E-state index is -0.456. The first kappa shape index (κ1) is 16.9. The number of nitrogens with zero attached hydrogens (tertiary/aromatic N) is 5. The summed E-state index contributed by atoms with van der Waals surface area (Å²) in [7, 11) is 0. The summed E-state index contributed by atoms with van der Waals surface area (Å²) in [4.78, 5) is 34.1. The number of H-pyrrole nitrogens is 1. The second-order valence-electron chi connectivity index (χ2n) is 7.58. The Morgan fingerprint density at radius 1 is 1.11 bits per heavy atom. The molecule has 5 rings (SSSR count). The number of amides is 2. The van der Waals surface area contributed by atoms with Crippen LogP contribution in [0.3, 0.4) is 0 Å². The van der Waals surface area contributed by atoms with E-state index in [2.05, 4.69) is 20.4 Å². The first-order valence-electron chi connectivity index (χ1n) is 9.44. The van der Waals surface area contributed by atoms with Crippen molar-refractivity contribution >= 4 is 22.8 Å². The highest BCUT2D eigenvalue weighted by Crippen LogP contribution is 2.41. The lowest BCUT2D eigenvalue weighted by molar-refractivity contribution is -0.135. The summed E-state index contributed by atoms with van der Waals surface area (Å²) < 4.78 is 0. The van der Waals surface area contributed by atoms with Gasteiger partial charge in [-0.15, -0.1) is 0 Å². The third kappa shape index (κ3) is 2.72. The maximum absolute atomic E-state index is 13.1. The predicted molar refractivity (Wildman–Crippen MR) is 101 cm³/mol. The van der Waals surface area contributed by atoms with Gasteiger partial charge in [-0.25, -0.2) is 0 Å². The van der Waals surface area contributed by atoms with Crippen LogP contribution >= 0.6 is 0 Å². The highest BCUT2D eigenvalue weighted by molar-refractivity contribution is 5.98. The molecule has 3 aromatic rings. The van der Waals surface area contributed by atoms with Crippen molar-refractivity contribution in [1.82, 2.24) is 30.2 Å². The summed E-state index contributed by atoms with van der Waals surface area (Å²) in [5.41, 5.74) is 2.40. The fourth-order valence-electron chi connectivity index (χ4n) is 4.31. The average Bonchev–Trinajstić information content (AvgIpc) is 3.44. The molecule has 1 atom stereocenters. The zero-order valence-corrected chi connectivity index (χ0v) is 15.3. The third-order valence-corrected chi connectivity index (χ3v) is 5.88. The van der Waals surface area contributed by atoms with Crippen LogP contribution in [0.15, 0.2) is 42.6 Å². The number of benzene rings is 1. The fraction of sp³-hybridized carbons (Fsp3) is 0.350. The number of hydrogen-bond acceptors (Lipinski definition) is 5. The van der Waals surface area contributed by atoms with Crippen molar-refractivity contribution in [2.45, 2.75) is 19.4 Å². The third-order valence-electron chi connectivity index (χ3n) is 5.88. The lowest BCUT2D eigenvalue weighted by Gasteiger charge is -2.23. The van der Waals surface area contributed by atoms with Gasteiger partial charge in [-0.3, -0.25) is 14.6 Å². The van der Waals surface area contributed by atoms with Crippen molar-refractivity contribution < 1.29 is 9.59 Å². The molecule has 0 radical (unpaired) electrons. The molecule has 1 unspecified atom stereocenters. The maximum atomic E-state index is 13.1. The Morgan fingerprint density at radius 2 is 1.96 bits per heavy atom. The topological polar surface area (TPSA) is 95.1 Å². The van der Waals surface area contributed by atoms with E-state index in [1.165, 1.54) is 0 Å². The molecular weight excluding hydrogens is 356 g/mol. The van der Waals surface area contributed by atoms with Crippen molar-refractivity contribution in [3.8, 4) is 0 Å². The molecule has 28 heavy (non-hydrogen) atoms. The first-order chi connectivity index (χ1) is 13.6. The number of aromatic nitrogens is 4. The molecule has 8 heteroatoms. The summed E-state index contributed by atoms with van der Waals surface area (Å²) in [5, 5.41) is 10.6. The fourth-order valence-corrected chi connectivity index (χ4v) is 4.31. The van der Waals surface area contributed by atoms with E-state index in [4.69, 9.17) is 0 Å². The smallest absolute Gasteiger partial charge is 0.253 e. The average molecular weight is 376 g/mol. The van der Waals surface area contributed by atoms with Crippen LogP contribution in [0.1, 0.15) is 28.9 Å². The van der Waals surface area contributed by atoms with E-state index < -0.39 is 5.41 Å². The molecule has 1 aromatic carbocycles. The highest BCUT2D eigenvalue weighted by Gasteiger charge is 2.51. The van der Waals surface area contributed by atoms with Crippen LogP contribution in [0.4, 0.5) is 0 Å². The van der Waals surface area contributed by atoms with Crippen LogP contribution < -0.4 is 0 Å². The van der Waals surface area contributed by atoms with Crippen LogP contribution in [0, 0.1) is 5.41 Å². The predicted octanol–water partition coefficient (Wildman–Crippen LogP) is 1.62. The summed E-state index contributed by atoms with van der Waals surface area (Å²) in [6.45, 7) is 2.31. The van der Waals surface area contributed by atoms with Crippen LogP contribution in [0.2, 0.25) is 0 Å². The quantitative estimate of drug-likeness (QED) is 0.749. The summed E-state index contributed by atoms with van der Waals surface area (Å²) >= 11 is 0. The van der Waals surface area contributed by atoms with Gasteiger partial charge in [-0.1, -0.05) is 6.07 Å². The molecule has 8 nitrogen and oxygen atoms in total. The molecule has 4 heterocycles. The molecule has 1 N–H and O–H groups in total. The van der Waals surface area contributed by atoms with Crippen molar-refractivity contribution in [3.63, 3.8) is 0 Å². The summed E-state index contributed by atoms with van der Waals surface area (Å²) in [6, 6.07) is 11.0. The molecule has 2 aliphatic heterocycles. The molecular formula is C20H20N6O2. The van der Waals surface area contributed by atoms with Crippen molar-refractivity contribution in [2.75, 3.05) is 19.6 Å². The number of hydrogen-bond donors (Lipinski definition) is 1. The largest absolute Gasteiger partial charge is 0.338 e. The van der Waals surface area contributed by atoms with E-state index in [1.54, 1.807) is 29.3 Å². The monoisotopic (exact) mass is 376 g/mol. The summed E-state index contributed by atoms with van der Waals surface area (Å²) in [5.74, 6) is 0.0816. The van der Waals surface area contributed by atoms with E-state index in [0.717, 1.165) is 17.6 Å². The molecule has 2 amide bonds. The van der Waals surface area contributed by atoms with Gasteiger partial charge in [0.25, 0.3) is 5.91 Å². The Bertz CT molecular complexity index is 1050. The van der Waals surface area contributed by atoms with E-state index in [-0.39, 0.29) is 11.8 Å². The van der Waals surface area contributed by atoms with E-state index >= 15 is 0 Å². The number of pyridine rings is 1. The number of fused-ring (bicyclic) bond motifs is 1. The second kappa shape index (κ2) is 6.40. The minimum Gasteiger partial charge on any atom is -0.338 e. The van der Waals surface area contributed by atoms with Gasteiger partial charge in [-0.2, -0.15) is 15.4 Å². The first-order valence-corrected chi connectivity index (χ1v) is 9.44. The van der Waals surface area contributed by atoms with Crippen LogP contribution in [-0.4, -0.2) is 61.6 Å². The van der Waals surface area contributed by atoms with Gasteiger partial charge in [-0.05, 0) is 43.2 Å². The number of carbonyl (C=O) groups excluding carboxylic acids is 2. The van der Waals surface area contributed by atoms with Crippen molar-refractivity contribution in [1.29, 1.82) is 0 Å². The number of aromatic amines is 1. The van der Waals surface area contributed by atoms with Gasteiger partial charge in [0, 0.05) is 31.4 Å². The molecule has 0 saturated carbocycles. The normalized spacial score (nSPS) is 21.9. The summed E-state index contributed by atoms with van der Waals surface area (Å²) in [6.07, 6.45) is 3.24. The number of rotatable bonds is 3. The zero-order valence-electron chi connectivity index (χ0n) is 15.3. The van der Waals surface area contributed by atoms with E-state index in [9.17, 15) is 9.59 Å². The van der Waals surface area contributed by atoms with Crippen LogP contribution in [0.5, 0.6) is 0 Å². The van der Waals surface area contributed by atoms with Crippen LogP contribution in [0.25, 0.3) is 11.0 Å². The van der Waals surface area contributed by atoms with Gasteiger partial charge < -0.3 is 9.80 Å². The van der Waals surface area contributed by atoms with Gasteiger partial charge in [0.05, 0.1) is 17.7 Å². The van der Waals surface area contributed by atoms with Gasteiger partial charge in [0.2, 0.25) is 5.91 Å². The second-order valence-corrected chi connectivity index (χ2v) is 7.58. The molecule has 0 bridgehead atoms. The maximum Gasteiger partial charge on any atom is 0.253 e.